The van der Waals surface area contributed by atoms with Crippen LogP contribution in [0, 0.1) is 6.92 Å². The number of hydrogen-bond acceptors (Lipinski definition) is 2. The van der Waals surface area contributed by atoms with Gasteiger partial charge in [0.25, 0.3) is 0 Å². The van der Waals surface area contributed by atoms with E-state index in [2.05, 4.69) is 39.7 Å². The number of hydrogen-bond donors (Lipinski definition) is 0. The summed E-state index contributed by atoms with van der Waals surface area (Å²) in [6.07, 6.45) is 7.77. The van der Waals surface area contributed by atoms with E-state index < -0.39 is 0 Å². The first kappa shape index (κ1) is 10.1. The highest BCUT2D eigenvalue weighted by Gasteiger charge is 2.22. The molecular weight excluding hydrogens is 222 g/mol. The molecule has 90 valence electrons. The van der Waals surface area contributed by atoms with Crippen molar-refractivity contribution in [3.05, 3.63) is 36.3 Å². The zero-order valence-electron chi connectivity index (χ0n) is 10.4. The van der Waals surface area contributed by atoms with E-state index >= 15 is 0 Å². The minimum absolute atomic E-state index is 0.640. The fourth-order valence-electron chi connectivity index (χ4n) is 2.77. The van der Waals surface area contributed by atoms with E-state index in [-0.39, 0.29) is 0 Å². The molecule has 1 aliphatic rings. The number of nitrogens with zero attached hydrogens (tertiary/aromatic N) is 3. The van der Waals surface area contributed by atoms with E-state index in [4.69, 9.17) is 0 Å². The molecular formula is C15H15N3. The molecule has 1 fully saturated rings. The lowest BCUT2D eigenvalue weighted by molar-refractivity contribution is 0.320. The monoisotopic (exact) mass is 237 g/mol. The number of aryl methyl sites for hydroxylation is 1. The van der Waals surface area contributed by atoms with Gasteiger partial charge in [-0.2, -0.15) is 0 Å². The van der Waals surface area contributed by atoms with E-state index in [1.54, 1.807) is 0 Å². The summed E-state index contributed by atoms with van der Waals surface area (Å²) in [4.78, 5) is 8.99. The molecule has 18 heavy (non-hydrogen) atoms. The lowest BCUT2D eigenvalue weighted by Crippen LogP contribution is -2.15. The van der Waals surface area contributed by atoms with Gasteiger partial charge in [0.15, 0.2) is 0 Å². The topological polar surface area (TPSA) is 30.7 Å². The highest BCUT2D eigenvalue weighted by atomic mass is 15.1. The van der Waals surface area contributed by atoms with Crippen LogP contribution in [0.3, 0.4) is 0 Å². The molecule has 0 aliphatic heterocycles. The van der Waals surface area contributed by atoms with Crippen molar-refractivity contribution in [2.75, 3.05) is 0 Å². The van der Waals surface area contributed by atoms with Gasteiger partial charge in [-0.3, -0.25) is 4.98 Å². The summed E-state index contributed by atoms with van der Waals surface area (Å²) < 4.78 is 2.35. The minimum Gasteiger partial charge on any atom is -0.327 e. The quantitative estimate of drug-likeness (QED) is 0.647. The predicted molar refractivity (Wildman–Crippen MR) is 72.7 cm³/mol. The van der Waals surface area contributed by atoms with Crippen molar-refractivity contribution in [3.63, 3.8) is 0 Å². The first-order valence-electron chi connectivity index (χ1n) is 6.55. The first-order chi connectivity index (χ1) is 8.83. The fraction of sp³-hybridized carbons (Fsp3) is 0.333. The SMILES string of the molecule is Cc1ccc2ncc3ncn(C4CCC4)c3c2c1. The van der Waals surface area contributed by atoms with Gasteiger partial charge in [-0.05, 0) is 38.3 Å². The Kier molecular flexibility index (Phi) is 1.98. The smallest absolute Gasteiger partial charge is 0.107 e. The van der Waals surface area contributed by atoms with Gasteiger partial charge in [0.2, 0.25) is 0 Å². The number of aromatic nitrogens is 3. The van der Waals surface area contributed by atoms with Gasteiger partial charge >= 0.3 is 0 Å². The second-order valence-electron chi connectivity index (χ2n) is 5.25. The van der Waals surface area contributed by atoms with Gasteiger partial charge in [0.05, 0.1) is 23.6 Å². The molecule has 0 bridgehead atoms. The average Bonchev–Trinajstić information content (AvgIpc) is 2.71. The second-order valence-corrected chi connectivity index (χ2v) is 5.25. The Morgan fingerprint density at radius 1 is 1.17 bits per heavy atom. The molecule has 4 rings (SSSR count). The van der Waals surface area contributed by atoms with Crippen LogP contribution in [0.1, 0.15) is 30.9 Å². The summed E-state index contributed by atoms with van der Waals surface area (Å²) in [7, 11) is 0. The molecule has 2 heterocycles. The van der Waals surface area contributed by atoms with Crippen molar-refractivity contribution in [3.8, 4) is 0 Å². The normalized spacial score (nSPS) is 16.3. The maximum atomic E-state index is 4.50. The van der Waals surface area contributed by atoms with E-state index in [1.165, 1.54) is 35.7 Å². The molecule has 3 heteroatoms. The second kappa shape index (κ2) is 3.55. The zero-order valence-corrected chi connectivity index (χ0v) is 10.4. The molecule has 2 aromatic heterocycles. The molecule has 0 amide bonds. The van der Waals surface area contributed by atoms with Gasteiger partial charge < -0.3 is 4.57 Å². The summed E-state index contributed by atoms with van der Waals surface area (Å²) in [5.41, 5.74) is 4.61. The molecule has 1 saturated carbocycles. The number of rotatable bonds is 1. The van der Waals surface area contributed by atoms with E-state index in [0.717, 1.165) is 11.0 Å². The van der Waals surface area contributed by atoms with E-state index in [0.29, 0.717) is 6.04 Å². The summed E-state index contributed by atoms with van der Waals surface area (Å²) in [5, 5.41) is 1.23. The van der Waals surface area contributed by atoms with Crippen LogP contribution >= 0.6 is 0 Å². The zero-order chi connectivity index (χ0) is 12.1. The van der Waals surface area contributed by atoms with Crippen molar-refractivity contribution in [1.82, 2.24) is 14.5 Å². The van der Waals surface area contributed by atoms with Gasteiger partial charge in [-0.1, -0.05) is 11.6 Å². The molecule has 0 N–H and O–H groups in total. The van der Waals surface area contributed by atoms with Crippen molar-refractivity contribution in [2.45, 2.75) is 32.2 Å². The Morgan fingerprint density at radius 3 is 2.83 bits per heavy atom. The molecule has 1 aliphatic carbocycles. The van der Waals surface area contributed by atoms with Crippen LogP contribution in [0.5, 0.6) is 0 Å². The van der Waals surface area contributed by atoms with E-state index in [9.17, 15) is 0 Å². The lowest BCUT2D eigenvalue weighted by atomic mass is 9.92. The molecule has 3 nitrogen and oxygen atoms in total. The summed E-state index contributed by atoms with van der Waals surface area (Å²) in [5.74, 6) is 0. The van der Waals surface area contributed by atoms with Crippen molar-refractivity contribution < 1.29 is 0 Å². The van der Waals surface area contributed by atoms with Gasteiger partial charge in [-0.25, -0.2) is 4.98 Å². The van der Waals surface area contributed by atoms with Crippen LogP contribution in [0.15, 0.2) is 30.7 Å². The third kappa shape index (κ3) is 1.30. The largest absolute Gasteiger partial charge is 0.327 e. The average molecular weight is 237 g/mol. The van der Waals surface area contributed by atoms with Crippen LogP contribution in [0.25, 0.3) is 21.9 Å². The Bertz CT molecular complexity index is 738. The Balaban J connectivity index is 2.11. The van der Waals surface area contributed by atoms with Crippen LogP contribution in [0.4, 0.5) is 0 Å². The Morgan fingerprint density at radius 2 is 2.06 bits per heavy atom. The summed E-state index contributed by atoms with van der Waals surface area (Å²) in [6, 6.07) is 7.08. The van der Waals surface area contributed by atoms with Gasteiger partial charge in [-0.15, -0.1) is 0 Å². The molecule has 1 aromatic carbocycles. The van der Waals surface area contributed by atoms with Crippen LogP contribution in [-0.4, -0.2) is 14.5 Å². The fourth-order valence-corrected chi connectivity index (χ4v) is 2.77. The molecule has 0 radical (unpaired) electrons. The van der Waals surface area contributed by atoms with Crippen molar-refractivity contribution in [2.24, 2.45) is 0 Å². The van der Waals surface area contributed by atoms with Crippen LogP contribution in [-0.2, 0) is 0 Å². The number of imidazole rings is 1. The maximum absolute atomic E-state index is 4.50. The third-order valence-electron chi connectivity index (χ3n) is 4.02. The van der Waals surface area contributed by atoms with Crippen molar-refractivity contribution >= 4 is 21.9 Å². The summed E-state index contributed by atoms with van der Waals surface area (Å²) >= 11 is 0. The summed E-state index contributed by atoms with van der Waals surface area (Å²) in [6.45, 7) is 2.13. The highest BCUT2D eigenvalue weighted by molar-refractivity contribution is 6.02. The Labute approximate surface area is 105 Å². The van der Waals surface area contributed by atoms with E-state index in [1.807, 2.05) is 12.5 Å². The maximum Gasteiger partial charge on any atom is 0.107 e. The molecule has 0 unspecified atom stereocenters. The highest BCUT2D eigenvalue weighted by Crippen LogP contribution is 2.35. The molecule has 0 atom stereocenters. The molecule has 0 spiro atoms. The van der Waals surface area contributed by atoms with Gasteiger partial charge in [0, 0.05) is 11.4 Å². The van der Waals surface area contributed by atoms with Crippen LogP contribution < -0.4 is 0 Å². The molecule has 3 aromatic rings. The number of pyridine rings is 1. The Hall–Kier alpha value is -1.90. The number of benzene rings is 1. The predicted octanol–water partition coefficient (Wildman–Crippen LogP) is 3.62. The van der Waals surface area contributed by atoms with Crippen molar-refractivity contribution in [1.29, 1.82) is 0 Å². The standard InChI is InChI=1S/C15H15N3/c1-10-5-6-13-12(7-10)15-14(8-16-13)17-9-18(15)11-3-2-4-11/h5-9,11H,2-4H2,1H3. The minimum atomic E-state index is 0.640. The van der Waals surface area contributed by atoms with Gasteiger partial charge in [0.1, 0.15) is 5.52 Å². The third-order valence-corrected chi connectivity index (χ3v) is 4.02. The molecule has 0 saturated heterocycles. The first-order valence-corrected chi connectivity index (χ1v) is 6.55. The lowest BCUT2D eigenvalue weighted by Gasteiger charge is -2.27. The number of fused-ring (bicyclic) bond motifs is 3. The van der Waals surface area contributed by atoms with Crippen LogP contribution in [0.2, 0.25) is 0 Å².